The lowest BCUT2D eigenvalue weighted by atomic mass is 10.1. The molecule has 0 aliphatic carbocycles. The van der Waals surface area contributed by atoms with Crippen LogP contribution < -0.4 is 5.32 Å². The second-order valence-corrected chi connectivity index (χ2v) is 5.20. The van der Waals surface area contributed by atoms with Crippen molar-refractivity contribution in [2.24, 2.45) is 0 Å². The minimum absolute atomic E-state index is 0.0693. The van der Waals surface area contributed by atoms with Crippen LogP contribution in [0.3, 0.4) is 0 Å². The molecule has 23 heavy (non-hydrogen) atoms. The fourth-order valence-electron chi connectivity index (χ4n) is 2.50. The van der Waals surface area contributed by atoms with Gasteiger partial charge in [-0.05, 0) is 49.3 Å². The summed E-state index contributed by atoms with van der Waals surface area (Å²) in [6.45, 7) is 6.45. The van der Waals surface area contributed by atoms with Gasteiger partial charge in [0.2, 0.25) is 0 Å². The Labute approximate surface area is 137 Å². The van der Waals surface area contributed by atoms with Gasteiger partial charge in [-0.2, -0.15) is 0 Å². The molecule has 0 spiro atoms. The van der Waals surface area contributed by atoms with E-state index in [1.165, 1.54) is 6.07 Å². The number of halogens is 1. The van der Waals surface area contributed by atoms with Crippen molar-refractivity contribution in [3.63, 3.8) is 0 Å². The molecule has 1 aliphatic heterocycles. The van der Waals surface area contributed by atoms with Gasteiger partial charge in [0.1, 0.15) is 12.0 Å². The molecule has 0 amide bonds. The number of allylic oxidation sites excluding steroid dienone is 4. The molecule has 4 heteroatoms. The number of rotatable bonds is 7. The van der Waals surface area contributed by atoms with Crippen LogP contribution in [0.4, 0.5) is 10.1 Å². The number of hydrogen-bond acceptors (Lipinski definition) is 3. The first kappa shape index (κ1) is 16.9. The van der Waals surface area contributed by atoms with Crippen molar-refractivity contribution in [3.8, 4) is 0 Å². The predicted octanol–water partition coefficient (Wildman–Crippen LogP) is 4.23. The van der Waals surface area contributed by atoms with E-state index < -0.39 is 0 Å². The quantitative estimate of drug-likeness (QED) is 0.762. The summed E-state index contributed by atoms with van der Waals surface area (Å²) in [6.07, 6.45) is 12.3. The minimum Gasteiger partial charge on any atom is -0.482 e. The Hall–Kier alpha value is -2.49. The Morgan fingerprint density at radius 2 is 2.26 bits per heavy atom. The number of ether oxygens (including phenoxy) is 1. The average Bonchev–Trinajstić information content (AvgIpc) is 2.56. The Bertz CT molecular complexity index is 634. The molecule has 0 saturated carbocycles. The summed E-state index contributed by atoms with van der Waals surface area (Å²) >= 11 is 0. The number of nitrogens with zero attached hydrogens (tertiary/aromatic N) is 1. The number of methoxy groups -OCH3 is 1. The van der Waals surface area contributed by atoms with Crippen molar-refractivity contribution < 1.29 is 9.13 Å². The molecule has 3 nitrogen and oxygen atoms in total. The molecule has 122 valence electrons. The van der Waals surface area contributed by atoms with Crippen molar-refractivity contribution in [2.75, 3.05) is 19.0 Å². The topological polar surface area (TPSA) is 24.5 Å². The summed E-state index contributed by atoms with van der Waals surface area (Å²) in [5.74, 6) is 0.547. The van der Waals surface area contributed by atoms with Gasteiger partial charge in [-0.25, -0.2) is 4.39 Å². The molecule has 1 atom stereocenters. The van der Waals surface area contributed by atoms with Crippen LogP contribution >= 0.6 is 0 Å². The van der Waals surface area contributed by atoms with E-state index in [4.69, 9.17) is 4.74 Å². The molecule has 0 radical (unpaired) electrons. The van der Waals surface area contributed by atoms with Crippen molar-refractivity contribution in [3.05, 3.63) is 78.5 Å². The molecule has 1 unspecified atom stereocenters. The molecule has 1 aliphatic rings. The zero-order valence-corrected chi connectivity index (χ0v) is 13.6. The highest BCUT2D eigenvalue weighted by Crippen LogP contribution is 2.23. The first-order valence-corrected chi connectivity index (χ1v) is 7.65. The molecule has 0 fully saturated rings. The maximum Gasteiger partial charge on any atom is 0.191 e. The van der Waals surface area contributed by atoms with E-state index >= 15 is 0 Å². The third kappa shape index (κ3) is 4.25. The van der Waals surface area contributed by atoms with Crippen LogP contribution in [-0.2, 0) is 11.2 Å². The normalized spacial score (nSPS) is 17.3. The van der Waals surface area contributed by atoms with Crippen LogP contribution in [-0.4, -0.2) is 24.7 Å². The Morgan fingerprint density at radius 3 is 2.96 bits per heavy atom. The zero-order chi connectivity index (χ0) is 16.7. The minimum atomic E-state index is -0.241. The van der Waals surface area contributed by atoms with E-state index in [1.54, 1.807) is 25.3 Å². The van der Waals surface area contributed by atoms with Crippen molar-refractivity contribution in [2.45, 2.75) is 19.5 Å². The van der Waals surface area contributed by atoms with Gasteiger partial charge >= 0.3 is 0 Å². The zero-order valence-electron chi connectivity index (χ0n) is 13.6. The van der Waals surface area contributed by atoms with E-state index in [1.807, 2.05) is 31.2 Å². The van der Waals surface area contributed by atoms with Crippen LogP contribution in [0.25, 0.3) is 0 Å². The molecular formula is C19H23FN2O. The van der Waals surface area contributed by atoms with Crippen LogP contribution in [0.15, 0.2) is 67.1 Å². The summed E-state index contributed by atoms with van der Waals surface area (Å²) < 4.78 is 18.9. The standard InChI is InChI=1S/C19H23FN2O/c1-4-6-13-22-18(9-7-10-19(22)23-3)21-17-12-11-16(20)14-15(17)8-5-2/h4-7,9-12,14,18,21H,2,8,13H2,1,3H3. The highest BCUT2D eigenvalue weighted by molar-refractivity contribution is 5.53. The molecule has 0 aromatic heterocycles. The lowest BCUT2D eigenvalue weighted by Gasteiger charge is -2.35. The number of anilines is 1. The van der Waals surface area contributed by atoms with Crippen molar-refractivity contribution >= 4 is 5.69 Å². The highest BCUT2D eigenvalue weighted by Gasteiger charge is 2.21. The largest absolute Gasteiger partial charge is 0.482 e. The van der Waals surface area contributed by atoms with Gasteiger partial charge in [0, 0.05) is 12.2 Å². The summed E-state index contributed by atoms with van der Waals surface area (Å²) in [7, 11) is 1.66. The molecule has 1 aromatic rings. The molecule has 2 rings (SSSR count). The maximum absolute atomic E-state index is 13.5. The molecule has 0 bridgehead atoms. The fraction of sp³-hybridized carbons (Fsp3) is 0.263. The van der Waals surface area contributed by atoms with Gasteiger partial charge in [0.05, 0.1) is 7.11 Å². The van der Waals surface area contributed by atoms with Crippen molar-refractivity contribution in [1.82, 2.24) is 4.90 Å². The highest BCUT2D eigenvalue weighted by atomic mass is 19.1. The monoisotopic (exact) mass is 314 g/mol. The van der Waals surface area contributed by atoms with Crippen LogP contribution in [0.5, 0.6) is 0 Å². The molecule has 1 aromatic carbocycles. The third-order valence-electron chi connectivity index (χ3n) is 3.63. The SMILES string of the molecule is C=CCc1cc(F)ccc1NC1C=CC=C(OC)N1CC=CC. The lowest BCUT2D eigenvalue weighted by molar-refractivity contribution is 0.147. The Balaban J connectivity index is 2.25. The van der Waals surface area contributed by atoms with Crippen LogP contribution in [0.2, 0.25) is 0 Å². The van der Waals surface area contributed by atoms with Crippen LogP contribution in [0, 0.1) is 5.82 Å². The van der Waals surface area contributed by atoms with E-state index in [-0.39, 0.29) is 12.0 Å². The average molecular weight is 314 g/mol. The van der Waals surface area contributed by atoms with E-state index in [0.717, 1.165) is 23.7 Å². The van der Waals surface area contributed by atoms with E-state index in [9.17, 15) is 4.39 Å². The summed E-state index contributed by atoms with van der Waals surface area (Å²) in [4.78, 5) is 2.10. The van der Waals surface area contributed by atoms with Gasteiger partial charge in [-0.15, -0.1) is 6.58 Å². The molecular weight excluding hydrogens is 291 g/mol. The number of nitrogens with one attached hydrogen (secondary N) is 1. The van der Waals surface area contributed by atoms with E-state index in [0.29, 0.717) is 6.42 Å². The maximum atomic E-state index is 13.5. The predicted molar refractivity (Wildman–Crippen MR) is 93.5 cm³/mol. The second-order valence-electron chi connectivity index (χ2n) is 5.20. The fourth-order valence-corrected chi connectivity index (χ4v) is 2.50. The molecule has 1 heterocycles. The van der Waals surface area contributed by atoms with Gasteiger partial charge < -0.3 is 15.0 Å². The summed E-state index contributed by atoms with van der Waals surface area (Å²) in [6, 6.07) is 4.77. The lowest BCUT2D eigenvalue weighted by Crippen LogP contribution is -2.41. The van der Waals surface area contributed by atoms with E-state index in [2.05, 4.69) is 22.9 Å². The molecule has 1 N–H and O–H groups in total. The summed E-state index contributed by atoms with van der Waals surface area (Å²) in [5, 5.41) is 3.45. The van der Waals surface area contributed by atoms with Gasteiger partial charge in [-0.1, -0.05) is 24.3 Å². The number of benzene rings is 1. The van der Waals surface area contributed by atoms with Crippen molar-refractivity contribution in [1.29, 1.82) is 0 Å². The summed E-state index contributed by atoms with van der Waals surface area (Å²) in [5.41, 5.74) is 1.77. The molecule has 0 saturated heterocycles. The third-order valence-corrected chi connectivity index (χ3v) is 3.63. The smallest absolute Gasteiger partial charge is 0.191 e. The van der Waals surface area contributed by atoms with Gasteiger partial charge in [0.25, 0.3) is 0 Å². The number of hydrogen-bond donors (Lipinski definition) is 1. The first-order chi connectivity index (χ1) is 11.2. The second kappa shape index (κ2) is 8.22. The Kier molecular flexibility index (Phi) is 6.03. The Morgan fingerprint density at radius 1 is 1.43 bits per heavy atom. The van der Waals surface area contributed by atoms with Gasteiger partial charge in [0.15, 0.2) is 5.88 Å². The first-order valence-electron chi connectivity index (χ1n) is 7.65. The van der Waals surface area contributed by atoms with Gasteiger partial charge in [-0.3, -0.25) is 0 Å². The van der Waals surface area contributed by atoms with Crippen LogP contribution in [0.1, 0.15) is 12.5 Å².